The van der Waals surface area contributed by atoms with Crippen LogP contribution in [-0.4, -0.2) is 40.9 Å². The van der Waals surface area contributed by atoms with Crippen molar-refractivity contribution in [3.8, 4) is 0 Å². The molecule has 0 bridgehead atoms. The summed E-state index contributed by atoms with van der Waals surface area (Å²) in [6.45, 7) is 4.69. The van der Waals surface area contributed by atoms with E-state index in [2.05, 4.69) is 5.32 Å². The van der Waals surface area contributed by atoms with E-state index in [0.717, 1.165) is 11.1 Å². The summed E-state index contributed by atoms with van der Waals surface area (Å²) >= 11 is 0. The lowest BCUT2D eigenvalue weighted by molar-refractivity contribution is -0.143. The lowest BCUT2D eigenvalue weighted by atomic mass is 9.96. The van der Waals surface area contributed by atoms with Gasteiger partial charge in [-0.15, -0.1) is 0 Å². The van der Waals surface area contributed by atoms with Crippen molar-refractivity contribution >= 4 is 23.5 Å². The highest BCUT2D eigenvalue weighted by molar-refractivity contribution is 6.06. The predicted octanol–water partition coefficient (Wildman–Crippen LogP) is 3.49. The summed E-state index contributed by atoms with van der Waals surface area (Å²) < 4.78 is 0. The molecule has 1 saturated heterocycles. The first-order chi connectivity index (χ1) is 13.4. The van der Waals surface area contributed by atoms with Crippen molar-refractivity contribution < 1.29 is 19.5 Å². The van der Waals surface area contributed by atoms with Crippen LogP contribution in [0.4, 0.5) is 5.69 Å². The van der Waals surface area contributed by atoms with Gasteiger partial charge in [-0.3, -0.25) is 14.4 Å². The number of carbonyl (C=O) groups excluding carboxylic acids is 2. The zero-order chi connectivity index (χ0) is 20.3. The SMILES string of the molecule is Cc1cccc(C)c1C(=O)Nc1ccc(C(=O)N2CCC(C(=O)O)CC2)cc1. The van der Waals surface area contributed by atoms with E-state index >= 15 is 0 Å². The maximum atomic E-state index is 12.6. The molecular weight excluding hydrogens is 356 g/mol. The lowest BCUT2D eigenvalue weighted by Crippen LogP contribution is -2.40. The highest BCUT2D eigenvalue weighted by atomic mass is 16.4. The van der Waals surface area contributed by atoms with Crippen molar-refractivity contribution in [1.29, 1.82) is 0 Å². The number of carboxylic acid groups (broad SMARTS) is 1. The van der Waals surface area contributed by atoms with E-state index in [4.69, 9.17) is 5.11 Å². The van der Waals surface area contributed by atoms with Gasteiger partial charge < -0.3 is 15.3 Å². The smallest absolute Gasteiger partial charge is 0.306 e. The van der Waals surface area contributed by atoms with Gasteiger partial charge in [0, 0.05) is 29.9 Å². The summed E-state index contributed by atoms with van der Waals surface area (Å²) in [5.41, 5.74) is 3.62. The zero-order valence-corrected chi connectivity index (χ0v) is 16.1. The number of carbonyl (C=O) groups is 3. The second kappa shape index (κ2) is 8.25. The molecule has 0 atom stereocenters. The Morgan fingerprint density at radius 3 is 2.07 bits per heavy atom. The van der Waals surface area contributed by atoms with E-state index < -0.39 is 5.97 Å². The largest absolute Gasteiger partial charge is 0.481 e. The Labute approximate surface area is 164 Å². The van der Waals surface area contributed by atoms with Gasteiger partial charge in [0.05, 0.1) is 5.92 Å². The summed E-state index contributed by atoms with van der Waals surface area (Å²) in [5.74, 6) is -1.45. The number of anilines is 1. The summed E-state index contributed by atoms with van der Waals surface area (Å²) in [6.07, 6.45) is 0.954. The number of likely N-dealkylation sites (tertiary alicyclic amines) is 1. The molecule has 146 valence electrons. The van der Waals surface area contributed by atoms with Crippen molar-refractivity contribution in [1.82, 2.24) is 4.90 Å². The monoisotopic (exact) mass is 380 g/mol. The Kier molecular flexibility index (Phi) is 5.78. The van der Waals surface area contributed by atoms with Gasteiger partial charge in [0.25, 0.3) is 11.8 Å². The molecule has 0 radical (unpaired) electrons. The van der Waals surface area contributed by atoms with Crippen LogP contribution in [0.1, 0.15) is 44.7 Å². The minimum Gasteiger partial charge on any atom is -0.481 e. The van der Waals surface area contributed by atoms with E-state index in [1.165, 1.54) is 0 Å². The average Bonchev–Trinajstić information content (AvgIpc) is 2.68. The number of nitrogens with one attached hydrogen (secondary N) is 1. The second-order valence-corrected chi connectivity index (χ2v) is 7.20. The lowest BCUT2D eigenvalue weighted by Gasteiger charge is -2.30. The zero-order valence-electron chi connectivity index (χ0n) is 16.1. The van der Waals surface area contributed by atoms with Crippen LogP contribution in [0.3, 0.4) is 0 Å². The standard InChI is InChI=1S/C22H24N2O4/c1-14-4-3-5-15(2)19(14)20(25)23-18-8-6-16(7-9-18)21(26)24-12-10-17(11-13-24)22(27)28/h3-9,17H,10-13H2,1-2H3,(H,23,25)(H,27,28). The Bertz CT molecular complexity index is 877. The Morgan fingerprint density at radius 1 is 0.964 bits per heavy atom. The first-order valence-electron chi connectivity index (χ1n) is 9.36. The minimum absolute atomic E-state index is 0.114. The third kappa shape index (κ3) is 4.22. The molecule has 2 amide bonds. The number of piperidine rings is 1. The molecule has 1 aliphatic rings. The van der Waals surface area contributed by atoms with Gasteiger partial charge in [0.2, 0.25) is 0 Å². The molecule has 28 heavy (non-hydrogen) atoms. The summed E-state index contributed by atoms with van der Waals surface area (Å²) in [7, 11) is 0. The quantitative estimate of drug-likeness (QED) is 0.850. The average molecular weight is 380 g/mol. The van der Waals surface area contributed by atoms with Crippen molar-refractivity contribution in [3.05, 3.63) is 64.7 Å². The van der Waals surface area contributed by atoms with Gasteiger partial charge in [0.15, 0.2) is 0 Å². The number of amides is 2. The molecule has 2 aromatic carbocycles. The number of aryl methyl sites for hydroxylation is 2. The number of rotatable bonds is 4. The predicted molar refractivity (Wildman–Crippen MR) is 107 cm³/mol. The van der Waals surface area contributed by atoms with Crippen LogP contribution >= 0.6 is 0 Å². The fourth-order valence-electron chi connectivity index (χ4n) is 3.57. The Hall–Kier alpha value is -3.15. The summed E-state index contributed by atoms with van der Waals surface area (Å²) in [6, 6.07) is 12.5. The molecule has 1 heterocycles. The highest BCUT2D eigenvalue weighted by Gasteiger charge is 2.27. The third-order valence-electron chi connectivity index (χ3n) is 5.23. The molecule has 0 aliphatic carbocycles. The third-order valence-corrected chi connectivity index (χ3v) is 5.23. The fourth-order valence-corrected chi connectivity index (χ4v) is 3.57. The fraction of sp³-hybridized carbons (Fsp3) is 0.318. The van der Waals surface area contributed by atoms with E-state index in [-0.39, 0.29) is 17.7 Å². The first-order valence-corrected chi connectivity index (χ1v) is 9.36. The van der Waals surface area contributed by atoms with Crippen molar-refractivity contribution in [2.75, 3.05) is 18.4 Å². The molecule has 6 nitrogen and oxygen atoms in total. The van der Waals surface area contributed by atoms with Crippen LogP contribution in [0.2, 0.25) is 0 Å². The molecule has 3 rings (SSSR count). The summed E-state index contributed by atoms with van der Waals surface area (Å²) in [5, 5.41) is 11.9. The number of carboxylic acids is 1. The highest BCUT2D eigenvalue weighted by Crippen LogP contribution is 2.21. The van der Waals surface area contributed by atoms with Crippen molar-refractivity contribution in [2.24, 2.45) is 5.92 Å². The van der Waals surface area contributed by atoms with Crippen LogP contribution in [-0.2, 0) is 4.79 Å². The molecular formula is C22H24N2O4. The normalized spacial score (nSPS) is 14.6. The molecule has 1 fully saturated rings. The van der Waals surface area contributed by atoms with Gasteiger partial charge in [-0.1, -0.05) is 18.2 Å². The maximum Gasteiger partial charge on any atom is 0.306 e. The molecule has 2 aromatic rings. The van der Waals surface area contributed by atoms with E-state index in [1.54, 1.807) is 29.2 Å². The number of aliphatic carboxylic acids is 1. The van der Waals surface area contributed by atoms with Crippen LogP contribution < -0.4 is 5.32 Å². The second-order valence-electron chi connectivity index (χ2n) is 7.20. The number of hydrogen-bond acceptors (Lipinski definition) is 3. The van der Waals surface area contributed by atoms with Crippen LogP contribution in [0.5, 0.6) is 0 Å². The minimum atomic E-state index is -0.795. The number of hydrogen-bond donors (Lipinski definition) is 2. The molecule has 6 heteroatoms. The molecule has 0 spiro atoms. The van der Waals surface area contributed by atoms with E-state index in [0.29, 0.717) is 42.7 Å². The molecule has 0 saturated carbocycles. The van der Waals surface area contributed by atoms with Crippen LogP contribution in [0.15, 0.2) is 42.5 Å². The molecule has 0 unspecified atom stereocenters. The van der Waals surface area contributed by atoms with Gasteiger partial charge in [-0.25, -0.2) is 0 Å². The van der Waals surface area contributed by atoms with Gasteiger partial charge in [0.1, 0.15) is 0 Å². The van der Waals surface area contributed by atoms with E-state index in [9.17, 15) is 14.4 Å². The molecule has 2 N–H and O–H groups in total. The topological polar surface area (TPSA) is 86.7 Å². The number of benzene rings is 2. The van der Waals surface area contributed by atoms with Crippen molar-refractivity contribution in [2.45, 2.75) is 26.7 Å². The van der Waals surface area contributed by atoms with Gasteiger partial charge >= 0.3 is 5.97 Å². The molecule has 0 aromatic heterocycles. The Balaban J connectivity index is 1.64. The first kappa shape index (κ1) is 19.6. The summed E-state index contributed by atoms with van der Waals surface area (Å²) in [4.78, 5) is 37.9. The Morgan fingerprint density at radius 2 is 1.54 bits per heavy atom. The van der Waals surface area contributed by atoms with Gasteiger partial charge in [-0.2, -0.15) is 0 Å². The van der Waals surface area contributed by atoms with Crippen LogP contribution in [0, 0.1) is 19.8 Å². The van der Waals surface area contributed by atoms with Crippen LogP contribution in [0.25, 0.3) is 0 Å². The maximum absolute atomic E-state index is 12.6. The van der Waals surface area contributed by atoms with Crippen molar-refractivity contribution in [3.63, 3.8) is 0 Å². The van der Waals surface area contributed by atoms with Gasteiger partial charge in [-0.05, 0) is 62.1 Å². The number of nitrogens with zero attached hydrogens (tertiary/aromatic N) is 1. The molecule has 1 aliphatic heterocycles. The van der Waals surface area contributed by atoms with E-state index in [1.807, 2.05) is 32.0 Å².